The fourth-order valence-corrected chi connectivity index (χ4v) is 1.03. The van der Waals surface area contributed by atoms with Crippen LogP contribution in [-0.2, 0) is 0 Å². The van der Waals surface area contributed by atoms with E-state index in [1.54, 1.807) is 0 Å². The molecule has 1 rings (SSSR count). The fourth-order valence-electron chi connectivity index (χ4n) is 1.03. The SMILES string of the molecule is N=[N+]([O-])C1=CC=C(C(F)(F)F)CC1. The van der Waals surface area contributed by atoms with Gasteiger partial charge in [-0.3, -0.25) is 0 Å². The van der Waals surface area contributed by atoms with Crippen molar-refractivity contribution >= 4 is 0 Å². The maximum atomic E-state index is 12.0. The van der Waals surface area contributed by atoms with Crippen LogP contribution < -0.4 is 0 Å². The number of nitrogens with zero attached hydrogens (tertiary/aromatic N) is 1. The molecule has 1 aliphatic carbocycles. The van der Waals surface area contributed by atoms with E-state index in [0.717, 1.165) is 12.2 Å². The lowest BCUT2D eigenvalue weighted by Crippen LogP contribution is -2.15. The van der Waals surface area contributed by atoms with Crippen molar-refractivity contribution in [2.75, 3.05) is 0 Å². The topological polar surface area (TPSA) is 49.9 Å². The number of nitrogens with one attached hydrogen (secondary N) is 1. The van der Waals surface area contributed by atoms with Gasteiger partial charge in [-0.05, 0) is 18.0 Å². The van der Waals surface area contributed by atoms with E-state index in [-0.39, 0.29) is 23.4 Å². The number of hydroxylamine groups is 1. The van der Waals surface area contributed by atoms with Crippen molar-refractivity contribution in [2.45, 2.75) is 19.0 Å². The van der Waals surface area contributed by atoms with Crippen LogP contribution in [0.25, 0.3) is 0 Å². The lowest BCUT2D eigenvalue weighted by Gasteiger charge is -2.13. The molecule has 72 valence electrons. The Balaban J connectivity index is 2.82. The first-order valence-electron chi connectivity index (χ1n) is 3.56. The first-order valence-corrected chi connectivity index (χ1v) is 3.56. The summed E-state index contributed by atoms with van der Waals surface area (Å²) in [5.74, 6) is 0. The van der Waals surface area contributed by atoms with Gasteiger partial charge in [0.1, 0.15) is 0 Å². The molecule has 3 nitrogen and oxygen atoms in total. The van der Waals surface area contributed by atoms with E-state index >= 15 is 0 Å². The number of hydrogen-bond acceptors (Lipinski definition) is 2. The highest BCUT2D eigenvalue weighted by molar-refractivity contribution is 5.23. The first-order chi connectivity index (χ1) is 5.91. The summed E-state index contributed by atoms with van der Waals surface area (Å²) in [6.45, 7) is 0. The van der Waals surface area contributed by atoms with Crippen LogP contribution in [0, 0.1) is 10.7 Å². The molecule has 0 unspecified atom stereocenters. The molecule has 0 atom stereocenters. The molecule has 0 aromatic heterocycles. The van der Waals surface area contributed by atoms with Crippen LogP contribution in [0.4, 0.5) is 13.2 Å². The predicted molar refractivity (Wildman–Crippen MR) is 37.8 cm³/mol. The van der Waals surface area contributed by atoms with Gasteiger partial charge in [-0.1, -0.05) is 4.86 Å². The van der Waals surface area contributed by atoms with Crippen molar-refractivity contribution in [3.05, 3.63) is 28.6 Å². The number of alkyl halides is 3. The summed E-state index contributed by atoms with van der Waals surface area (Å²) in [6, 6.07) is 0. The molecule has 0 spiro atoms. The molecule has 0 bridgehead atoms. The van der Waals surface area contributed by atoms with Crippen LogP contribution in [0.1, 0.15) is 12.8 Å². The average molecular weight is 192 g/mol. The Hall–Kier alpha value is -1.33. The minimum atomic E-state index is -4.32. The molecular formula is C7H7F3N2O. The van der Waals surface area contributed by atoms with Crippen molar-refractivity contribution in [3.8, 4) is 0 Å². The molecule has 0 aliphatic heterocycles. The monoisotopic (exact) mass is 192 g/mol. The minimum Gasteiger partial charge on any atom is -0.595 e. The molecule has 1 N–H and O–H groups in total. The van der Waals surface area contributed by atoms with Crippen LogP contribution >= 0.6 is 0 Å². The normalized spacial score (nSPS) is 17.8. The second kappa shape index (κ2) is 3.20. The Labute approximate surface area is 72.2 Å². The van der Waals surface area contributed by atoms with Gasteiger partial charge in [0.25, 0.3) is 0 Å². The van der Waals surface area contributed by atoms with E-state index in [4.69, 9.17) is 5.53 Å². The Morgan fingerprint density at radius 1 is 1.31 bits per heavy atom. The van der Waals surface area contributed by atoms with Gasteiger partial charge in [0.2, 0.25) is 5.70 Å². The van der Waals surface area contributed by atoms with E-state index in [9.17, 15) is 18.4 Å². The second-order valence-electron chi connectivity index (χ2n) is 2.64. The zero-order chi connectivity index (χ0) is 10.1. The molecule has 0 amide bonds. The van der Waals surface area contributed by atoms with Crippen LogP contribution in [-0.4, -0.2) is 11.0 Å². The summed E-state index contributed by atoms with van der Waals surface area (Å²) in [6.07, 6.45) is -2.70. The van der Waals surface area contributed by atoms with Gasteiger partial charge < -0.3 is 5.21 Å². The summed E-state index contributed by atoms with van der Waals surface area (Å²) in [5.41, 5.74) is 5.99. The van der Waals surface area contributed by atoms with Crippen LogP contribution in [0.3, 0.4) is 0 Å². The van der Waals surface area contributed by atoms with Crippen molar-refractivity contribution in [3.63, 3.8) is 0 Å². The zero-order valence-corrected chi connectivity index (χ0v) is 6.56. The summed E-state index contributed by atoms with van der Waals surface area (Å²) < 4.78 is 36.1. The Morgan fingerprint density at radius 2 is 1.92 bits per heavy atom. The Morgan fingerprint density at radius 3 is 2.23 bits per heavy atom. The van der Waals surface area contributed by atoms with Gasteiger partial charge in [-0.15, -0.1) is 0 Å². The van der Waals surface area contributed by atoms with Crippen molar-refractivity contribution < 1.29 is 18.0 Å². The maximum Gasteiger partial charge on any atom is 0.412 e. The average Bonchev–Trinajstić information content (AvgIpc) is 2.03. The minimum absolute atomic E-state index is 0.0294. The molecule has 0 saturated heterocycles. The molecule has 1 aliphatic rings. The number of halogens is 3. The predicted octanol–water partition coefficient (Wildman–Crippen LogP) is 2.69. The van der Waals surface area contributed by atoms with Gasteiger partial charge in [-0.2, -0.15) is 13.2 Å². The van der Waals surface area contributed by atoms with E-state index in [2.05, 4.69) is 0 Å². The molecule has 0 aromatic rings. The molecular weight excluding hydrogens is 185 g/mol. The third-order valence-electron chi connectivity index (χ3n) is 1.75. The van der Waals surface area contributed by atoms with Crippen molar-refractivity contribution in [2.24, 2.45) is 0 Å². The summed E-state index contributed by atoms with van der Waals surface area (Å²) in [4.78, 5) is -0.163. The van der Waals surface area contributed by atoms with E-state index in [0.29, 0.717) is 0 Å². The molecule has 0 aromatic carbocycles. The second-order valence-corrected chi connectivity index (χ2v) is 2.64. The summed E-state index contributed by atoms with van der Waals surface area (Å²) >= 11 is 0. The van der Waals surface area contributed by atoms with Gasteiger partial charge in [-0.25, -0.2) is 0 Å². The Kier molecular flexibility index (Phi) is 2.40. The highest BCUT2D eigenvalue weighted by atomic mass is 19.4. The van der Waals surface area contributed by atoms with E-state index < -0.39 is 11.7 Å². The highest BCUT2D eigenvalue weighted by Gasteiger charge is 2.34. The number of allylic oxidation sites excluding steroid dienone is 4. The van der Waals surface area contributed by atoms with E-state index in [1.807, 2.05) is 0 Å². The van der Waals surface area contributed by atoms with Gasteiger partial charge >= 0.3 is 6.18 Å². The molecule has 13 heavy (non-hydrogen) atoms. The summed E-state index contributed by atoms with van der Waals surface area (Å²) in [7, 11) is 0. The lowest BCUT2D eigenvalue weighted by molar-refractivity contribution is -0.504. The smallest absolute Gasteiger partial charge is 0.412 e. The molecule has 0 fully saturated rings. The van der Waals surface area contributed by atoms with Crippen molar-refractivity contribution in [1.82, 2.24) is 0 Å². The number of rotatable bonds is 1. The van der Waals surface area contributed by atoms with Crippen molar-refractivity contribution in [1.29, 1.82) is 5.53 Å². The van der Waals surface area contributed by atoms with Gasteiger partial charge in [0.05, 0.1) is 0 Å². The third-order valence-corrected chi connectivity index (χ3v) is 1.75. The molecule has 0 radical (unpaired) electrons. The fraction of sp³-hybridized carbons (Fsp3) is 0.429. The Bertz CT molecular complexity index is 291. The molecule has 0 saturated carbocycles. The molecule has 0 heterocycles. The third kappa shape index (κ3) is 2.30. The highest BCUT2D eigenvalue weighted by Crippen LogP contribution is 2.32. The first kappa shape index (κ1) is 9.76. The quantitative estimate of drug-likeness (QED) is 0.387. The van der Waals surface area contributed by atoms with Crippen LogP contribution in [0.5, 0.6) is 0 Å². The van der Waals surface area contributed by atoms with Gasteiger partial charge in [0, 0.05) is 18.1 Å². The number of hydrogen-bond donors (Lipinski definition) is 1. The standard InChI is InChI=1S/C7H7F3N2O/c8-7(9,10)5-1-3-6(4-2-5)12(11)13/h1,3,11H,2,4H2. The maximum absolute atomic E-state index is 12.0. The largest absolute Gasteiger partial charge is 0.595 e. The van der Waals surface area contributed by atoms with Crippen LogP contribution in [0.2, 0.25) is 0 Å². The zero-order valence-electron chi connectivity index (χ0n) is 6.56. The summed E-state index contributed by atoms with van der Waals surface area (Å²) in [5, 5.41) is 10.4. The lowest BCUT2D eigenvalue weighted by atomic mass is 10.0. The van der Waals surface area contributed by atoms with E-state index in [1.165, 1.54) is 0 Å². The van der Waals surface area contributed by atoms with Crippen LogP contribution in [0.15, 0.2) is 23.4 Å². The molecule has 6 heteroatoms. The van der Waals surface area contributed by atoms with Gasteiger partial charge in [0.15, 0.2) is 0 Å².